The number of rotatable bonds is 5. The molecule has 0 aliphatic carbocycles. The van der Waals surface area contributed by atoms with Crippen LogP contribution in [0, 0.1) is 6.92 Å². The van der Waals surface area contributed by atoms with Crippen molar-refractivity contribution in [3.8, 4) is 0 Å². The van der Waals surface area contributed by atoms with E-state index in [9.17, 15) is 9.59 Å². The van der Waals surface area contributed by atoms with Gasteiger partial charge < -0.3 is 15.7 Å². The molecular weight excluding hydrogens is 376 g/mol. The van der Waals surface area contributed by atoms with E-state index >= 15 is 0 Å². The van der Waals surface area contributed by atoms with Gasteiger partial charge in [0.2, 0.25) is 5.91 Å². The normalized spacial score (nSPS) is 13.8. The first-order chi connectivity index (χ1) is 14.4. The van der Waals surface area contributed by atoms with E-state index in [1.54, 1.807) is 6.08 Å². The molecule has 1 amide bonds. The van der Waals surface area contributed by atoms with Gasteiger partial charge in [-0.15, -0.1) is 6.58 Å². The molecule has 1 aliphatic heterocycles. The Morgan fingerprint density at radius 1 is 1.23 bits per heavy atom. The summed E-state index contributed by atoms with van der Waals surface area (Å²) in [6.07, 6.45) is 3.10. The summed E-state index contributed by atoms with van der Waals surface area (Å²) in [5.74, 6) is -0.539. The van der Waals surface area contributed by atoms with Gasteiger partial charge in [0.1, 0.15) is 0 Å². The molecule has 3 rings (SSSR count). The highest BCUT2D eigenvalue weighted by Crippen LogP contribution is 2.31. The number of aliphatic carboxylic acids is 1. The first-order valence-corrected chi connectivity index (χ1v) is 10.3. The number of allylic oxidation sites excluding steroid dienone is 1. The molecule has 0 fully saturated rings. The summed E-state index contributed by atoms with van der Waals surface area (Å²) in [5.41, 5.74) is 4.69. The monoisotopic (exact) mass is 410 g/mol. The molecule has 5 nitrogen and oxygen atoms in total. The van der Waals surface area contributed by atoms with Gasteiger partial charge in [-0.1, -0.05) is 61.0 Å². The highest BCUT2D eigenvalue weighted by atomic mass is 16.4. The predicted molar refractivity (Wildman–Crippen MR) is 124 cm³/mol. The molecule has 162 valence electrons. The average molecular weight is 411 g/mol. The van der Waals surface area contributed by atoms with Gasteiger partial charge in [0.05, 0.1) is 12.8 Å². The van der Waals surface area contributed by atoms with Gasteiger partial charge >= 0.3 is 5.97 Å². The van der Waals surface area contributed by atoms with Crippen LogP contribution in [0.5, 0.6) is 0 Å². The van der Waals surface area contributed by atoms with Crippen molar-refractivity contribution in [2.24, 2.45) is 0 Å². The zero-order valence-electron chi connectivity index (χ0n) is 18.3. The number of benzene rings is 2. The first-order valence-electron chi connectivity index (χ1n) is 10.3. The van der Waals surface area contributed by atoms with E-state index in [2.05, 4.69) is 49.3 Å². The Morgan fingerprint density at radius 2 is 1.90 bits per heavy atom. The fourth-order valence-electron chi connectivity index (χ4n) is 2.96. The SMILES string of the molecule is C=CC.CC1CCNc2ccc(CC(=O)NCCC(=O)O)cc21.Cc1ccccc1. The number of carbonyl (C=O) groups is 2. The number of carboxylic acids is 1. The number of carbonyl (C=O) groups excluding carboxylic acids is 1. The highest BCUT2D eigenvalue weighted by Gasteiger charge is 2.16. The fraction of sp³-hybridized carbons (Fsp3) is 0.360. The molecule has 30 heavy (non-hydrogen) atoms. The van der Waals surface area contributed by atoms with Gasteiger partial charge in [-0.05, 0) is 43.4 Å². The fourth-order valence-corrected chi connectivity index (χ4v) is 2.96. The van der Waals surface area contributed by atoms with Gasteiger partial charge in [-0.25, -0.2) is 0 Å². The number of amides is 1. The second-order valence-corrected chi connectivity index (χ2v) is 7.27. The highest BCUT2D eigenvalue weighted by molar-refractivity contribution is 5.79. The lowest BCUT2D eigenvalue weighted by molar-refractivity contribution is -0.136. The summed E-state index contributed by atoms with van der Waals surface area (Å²) in [4.78, 5) is 22.1. The lowest BCUT2D eigenvalue weighted by Crippen LogP contribution is -2.27. The van der Waals surface area contributed by atoms with Crippen molar-refractivity contribution in [3.05, 3.63) is 77.9 Å². The molecule has 1 heterocycles. The van der Waals surface area contributed by atoms with E-state index in [4.69, 9.17) is 5.11 Å². The molecule has 0 aromatic heterocycles. The van der Waals surface area contributed by atoms with Gasteiger partial charge in [0.15, 0.2) is 0 Å². The third-order valence-electron chi connectivity index (χ3n) is 4.51. The summed E-state index contributed by atoms with van der Waals surface area (Å²) >= 11 is 0. The van der Waals surface area contributed by atoms with E-state index in [0.717, 1.165) is 24.2 Å². The van der Waals surface area contributed by atoms with Gasteiger partial charge in [0.25, 0.3) is 0 Å². The molecule has 0 radical (unpaired) electrons. The van der Waals surface area contributed by atoms with Crippen LogP contribution in [0.2, 0.25) is 0 Å². The van der Waals surface area contributed by atoms with Crippen molar-refractivity contribution < 1.29 is 14.7 Å². The number of hydrogen-bond donors (Lipinski definition) is 3. The minimum absolute atomic E-state index is 0.0448. The third kappa shape index (κ3) is 9.92. The van der Waals surface area contributed by atoms with E-state index in [1.807, 2.05) is 37.3 Å². The minimum Gasteiger partial charge on any atom is -0.481 e. The largest absolute Gasteiger partial charge is 0.481 e. The lowest BCUT2D eigenvalue weighted by atomic mass is 9.91. The third-order valence-corrected chi connectivity index (χ3v) is 4.51. The number of aryl methyl sites for hydroxylation is 1. The van der Waals surface area contributed by atoms with Crippen molar-refractivity contribution in [1.29, 1.82) is 0 Å². The van der Waals surface area contributed by atoms with Crippen molar-refractivity contribution in [3.63, 3.8) is 0 Å². The van der Waals surface area contributed by atoms with E-state index in [0.29, 0.717) is 12.3 Å². The molecule has 0 spiro atoms. The van der Waals surface area contributed by atoms with Crippen LogP contribution in [-0.4, -0.2) is 30.1 Å². The van der Waals surface area contributed by atoms with Gasteiger partial charge in [-0.2, -0.15) is 0 Å². The summed E-state index contributed by atoms with van der Waals surface area (Å²) in [7, 11) is 0. The Labute approximate surface area is 180 Å². The minimum atomic E-state index is -0.904. The van der Waals surface area contributed by atoms with Crippen LogP contribution >= 0.6 is 0 Å². The van der Waals surface area contributed by atoms with Crippen LogP contribution in [0.4, 0.5) is 5.69 Å². The lowest BCUT2D eigenvalue weighted by Gasteiger charge is -2.24. The number of nitrogens with one attached hydrogen (secondary N) is 2. The van der Waals surface area contributed by atoms with E-state index in [1.165, 1.54) is 11.1 Å². The molecule has 0 bridgehead atoms. The smallest absolute Gasteiger partial charge is 0.305 e. The summed E-state index contributed by atoms with van der Waals surface area (Å²) in [5, 5.41) is 14.5. The van der Waals surface area contributed by atoms with Crippen LogP contribution < -0.4 is 10.6 Å². The molecule has 3 N–H and O–H groups in total. The van der Waals surface area contributed by atoms with Crippen LogP contribution in [-0.2, 0) is 16.0 Å². The Morgan fingerprint density at radius 3 is 2.47 bits per heavy atom. The first kappa shape index (κ1) is 25.0. The standard InChI is InChI=1S/C15H20N2O3.C7H8.C3H6/c1-10-4-6-16-13-3-2-11(8-12(10)13)9-14(18)17-7-5-15(19)20;1-7-5-3-2-4-6-7;1-3-2/h2-3,8,10,16H,4-7,9H2,1H3,(H,17,18)(H,19,20);2-6H,1H3;3H,1H2,2H3. The maximum absolute atomic E-state index is 11.7. The van der Waals surface area contributed by atoms with Crippen molar-refractivity contribution >= 4 is 17.6 Å². The van der Waals surface area contributed by atoms with Gasteiger partial charge in [0, 0.05) is 18.8 Å². The molecule has 0 saturated carbocycles. The Bertz CT molecular complexity index is 803. The van der Waals surface area contributed by atoms with Crippen molar-refractivity contribution in [1.82, 2.24) is 5.32 Å². The maximum atomic E-state index is 11.7. The number of hydrogen-bond acceptors (Lipinski definition) is 3. The number of carboxylic acid groups (broad SMARTS) is 1. The molecule has 2 aromatic carbocycles. The summed E-state index contributed by atoms with van der Waals surface area (Å²) < 4.78 is 0. The van der Waals surface area contributed by atoms with Gasteiger partial charge in [-0.3, -0.25) is 9.59 Å². The number of fused-ring (bicyclic) bond motifs is 1. The van der Waals surface area contributed by atoms with Crippen molar-refractivity contribution in [2.75, 3.05) is 18.4 Å². The Kier molecular flexibility index (Phi) is 11.6. The quantitative estimate of drug-likeness (QED) is 0.611. The van der Waals surface area contributed by atoms with E-state index in [-0.39, 0.29) is 18.9 Å². The van der Waals surface area contributed by atoms with Crippen LogP contribution in [0.3, 0.4) is 0 Å². The summed E-state index contributed by atoms with van der Waals surface area (Å²) in [6.45, 7) is 10.7. The molecular formula is C25H34N2O3. The zero-order valence-corrected chi connectivity index (χ0v) is 18.3. The molecule has 5 heteroatoms. The predicted octanol–water partition coefficient (Wildman–Crippen LogP) is 4.93. The van der Waals surface area contributed by atoms with Crippen molar-refractivity contribution in [2.45, 2.75) is 46.0 Å². The number of anilines is 1. The van der Waals surface area contributed by atoms with E-state index < -0.39 is 5.97 Å². The second kappa shape index (κ2) is 14.0. The molecule has 2 aromatic rings. The molecule has 0 saturated heterocycles. The van der Waals surface area contributed by atoms with Crippen LogP contribution in [0.1, 0.15) is 49.3 Å². The Balaban J connectivity index is 0.000000372. The molecule has 1 atom stereocenters. The van der Waals surface area contributed by atoms with Crippen LogP contribution in [0.15, 0.2) is 61.2 Å². The zero-order chi connectivity index (χ0) is 22.4. The topological polar surface area (TPSA) is 78.4 Å². The molecule has 1 unspecified atom stereocenters. The Hall–Kier alpha value is -3.08. The maximum Gasteiger partial charge on any atom is 0.305 e. The molecule has 1 aliphatic rings. The average Bonchev–Trinajstić information content (AvgIpc) is 2.70. The van der Waals surface area contributed by atoms with Crippen LogP contribution in [0.25, 0.3) is 0 Å². The second-order valence-electron chi connectivity index (χ2n) is 7.27. The summed E-state index contributed by atoms with van der Waals surface area (Å²) in [6, 6.07) is 16.3.